The predicted molar refractivity (Wildman–Crippen MR) is 103 cm³/mol. The molecule has 3 fully saturated rings. The van der Waals surface area contributed by atoms with Crippen molar-refractivity contribution < 1.29 is 0 Å². The lowest BCUT2D eigenvalue weighted by molar-refractivity contribution is 0.135. The van der Waals surface area contributed by atoms with Crippen LogP contribution in [0.2, 0.25) is 0 Å². The second-order valence-electron chi connectivity index (χ2n) is 8.02. The lowest BCUT2D eigenvalue weighted by atomic mass is 9.93. The molecule has 4 N–H and O–H groups in total. The van der Waals surface area contributed by atoms with Gasteiger partial charge in [-0.3, -0.25) is 4.90 Å². The number of anilines is 3. The number of aromatic nitrogens is 3. The normalized spacial score (nSPS) is 28.8. The van der Waals surface area contributed by atoms with E-state index in [0.29, 0.717) is 5.95 Å². The van der Waals surface area contributed by atoms with Gasteiger partial charge >= 0.3 is 0 Å². The molecule has 1 saturated heterocycles. The van der Waals surface area contributed by atoms with Crippen molar-refractivity contribution in [3.8, 4) is 5.69 Å². The lowest BCUT2D eigenvalue weighted by Gasteiger charge is -2.41. The maximum atomic E-state index is 5.85. The molecule has 0 amide bonds. The summed E-state index contributed by atoms with van der Waals surface area (Å²) >= 11 is 0. The van der Waals surface area contributed by atoms with Crippen LogP contribution in [0.3, 0.4) is 0 Å². The van der Waals surface area contributed by atoms with E-state index in [1.807, 2.05) is 12.1 Å². The highest BCUT2D eigenvalue weighted by atomic mass is 15.4. The summed E-state index contributed by atoms with van der Waals surface area (Å²) in [6.45, 7) is 4.57. The number of fused-ring (bicyclic) bond motifs is 2. The van der Waals surface area contributed by atoms with Gasteiger partial charge in [-0.05, 0) is 55.4 Å². The summed E-state index contributed by atoms with van der Waals surface area (Å²) in [4.78, 5) is 9.19. The summed E-state index contributed by atoms with van der Waals surface area (Å²) in [6, 6.07) is 9.20. The lowest BCUT2D eigenvalue weighted by Crippen LogP contribution is -2.51. The molecule has 26 heavy (non-hydrogen) atoms. The van der Waals surface area contributed by atoms with Crippen molar-refractivity contribution in [1.29, 1.82) is 0 Å². The predicted octanol–water partition coefficient (Wildman–Crippen LogP) is 1.74. The van der Waals surface area contributed by atoms with Crippen LogP contribution in [0.1, 0.15) is 25.7 Å². The molecule has 138 valence electrons. The number of rotatable bonds is 3. The highest BCUT2D eigenvalue weighted by Crippen LogP contribution is 2.46. The summed E-state index contributed by atoms with van der Waals surface area (Å²) in [5.41, 5.74) is 13.6. The van der Waals surface area contributed by atoms with E-state index in [2.05, 4.69) is 32.0 Å². The Bertz CT molecular complexity index is 776. The van der Waals surface area contributed by atoms with E-state index in [0.717, 1.165) is 36.7 Å². The molecule has 7 heteroatoms. The van der Waals surface area contributed by atoms with Crippen molar-refractivity contribution in [2.24, 2.45) is 11.8 Å². The van der Waals surface area contributed by atoms with Crippen molar-refractivity contribution in [3.05, 3.63) is 24.3 Å². The third kappa shape index (κ3) is 2.70. The van der Waals surface area contributed by atoms with E-state index in [1.165, 1.54) is 44.5 Å². The monoisotopic (exact) mass is 353 g/mol. The molecule has 3 aliphatic rings. The van der Waals surface area contributed by atoms with Gasteiger partial charge in [0.2, 0.25) is 11.9 Å². The van der Waals surface area contributed by atoms with Gasteiger partial charge in [0.15, 0.2) is 0 Å². The number of nitrogens with zero attached hydrogens (tertiary/aromatic N) is 5. The first-order chi connectivity index (χ1) is 12.7. The fraction of sp³-hybridized carbons (Fsp3) is 0.579. The van der Waals surface area contributed by atoms with E-state index >= 15 is 0 Å². The number of hydrogen-bond donors (Lipinski definition) is 2. The zero-order valence-corrected chi connectivity index (χ0v) is 15.1. The zero-order chi connectivity index (χ0) is 17.7. The molecule has 2 aliphatic carbocycles. The Hall–Kier alpha value is -2.28. The van der Waals surface area contributed by atoms with E-state index < -0.39 is 0 Å². The SMILES string of the molecule is Nc1nc(N)n(-c2ccc(N3CCN(C4CC5CCC4C5)CC3)cc2)n1. The van der Waals surface area contributed by atoms with Gasteiger partial charge in [0.25, 0.3) is 0 Å². The Labute approximate surface area is 154 Å². The van der Waals surface area contributed by atoms with Crippen LogP contribution in [0, 0.1) is 11.8 Å². The second kappa shape index (κ2) is 6.16. The fourth-order valence-electron chi connectivity index (χ4n) is 5.31. The maximum absolute atomic E-state index is 5.85. The molecule has 0 radical (unpaired) electrons. The first-order valence-electron chi connectivity index (χ1n) is 9.75. The third-order valence-electron chi connectivity index (χ3n) is 6.59. The molecule has 2 aromatic rings. The summed E-state index contributed by atoms with van der Waals surface area (Å²) < 4.78 is 1.58. The molecule has 1 aromatic carbocycles. The minimum Gasteiger partial charge on any atom is -0.369 e. The van der Waals surface area contributed by atoms with Crippen LogP contribution >= 0.6 is 0 Å². The third-order valence-corrected chi connectivity index (χ3v) is 6.59. The number of nitrogen functional groups attached to an aromatic ring is 2. The van der Waals surface area contributed by atoms with Crippen molar-refractivity contribution in [1.82, 2.24) is 19.7 Å². The Kier molecular flexibility index (Phi) is 3.77. The maximum Gasteiger partial charge on any atom is 0.241 e. The van der Waals surface area contributed by atoms with Crippen molar-refractivity contribution in [3.63, 3.8) is 0 Å². The van der Waals surface area contributed by atoms with Crippen LogP contribution in [0.15, 0.2) is 24.3 Å². The minimum atomic E-state index is 0.198. The van der Waals surface area contributed by atoms with Crippen LogP contribution in [0.4, 0.5) is 17.6 Å². The van der Waals surface area contributed by atoms with Crippen molar-refractivity contribution in [2.75, 3.05) is 42.5 Å². The molecule has 3 atom stereocenters. The molecule has 2 bridgehead atoms. The highest BCUT2D eigenvalue weighted by molar-refractivity contribution is 5.52. The molecule has 2 heterocycles. The first-order valence-corrected chi connectivity index (χ1v) is 9.75. The quantitative estimate of drug-likeness (QED) is 0.874. The average Bonchev–Trinajstić information content (AvgIpc) is 3.38. The van der Waals surface area contributed by atoms with Gasteiger partial charge in [0.05, 0.1) is 5.69 Å². The van der Waals surface area contributed by atoms with Gasteiger partial charge < -0.3 is 16.4 Å². The Morgan fingerprint density at radius 2 is 1.62 bits per heavy atom. The van der Waals surface area contributed by atoms with Crippen LogP contribution in [-0.2, 0) is 0 Å². The summed E-state index contributed by atoms with van der Waals surface area (Å²) in [6.07, 6.45) is 5.88. The summed E-state index contributed by atoms with van der Waals surface area (Å²) in [5.74, 6) is 2.51. The minimum absolute atomic E-state index is 0.198. The van der Waals surface area contributed by atoms with Crippen LogP contribution in [0.25, 0.3) is 5.69 Å². The molecule has 1 aliphatic heterocycles. The molecule has 5 rings (SSSR count). The van der Waals surface area contributed by atoms with Gasteiger partial charge in [0, 0.05) is 37.9 Å². The zero-order valence-electron chi connectivity index (χ0n) is 15.1. The number of piperazine rings is 1. The van der Waals surface area contributed by atoms with Gasteiger partial charge in [-0.15, -0.1) is 5.10 Å². The fourth-order valence-corrected chi connectivity index (χ4v) is 5.31. The topological polar surface area (TPSA) is 89.2 Å². The molecule has 0 spiro atoms. The number of benzene rings is 1. The van der Waals surface area contributed by atoms with E-state index in [1.54, 1.807) is 4.68 Å². The molecule has 3 unspecified atom stereocenters. The smallest absolute Gasteiger partial charge is 0.241 e. The Morgan fingerprint density at radius 1 is 0.885 bits per heavy atom. The summed E-state index contributed by atoms with van der Waals surface area (Å²) in [5, 5.41) is 4.13. The summed E-state index contributed by atoms with van der Waals surface area (Å²) in [7, 11) is 0. The van der Waals surface area contributed by atoms with Crippen LogP contribution in [-0.4, -0.2) is 51.9 Å². The standard InChI is InChI=1S/C19H27N7/c20-18-22-19(21)26(23-18)16-5-3-15(4-6-16)24-7-9-25(10-8-24)17-12-13-1-2-14(17)11-13/h3-6,13-14,17H,1-2,7-12H2,(H4,20,21,22,23). The number of hydrogen-bond acceptors (Lipinski definition) is 6. The van der Waals surface area contributed by atoms with Gasteiger partial charge in [-0.25, -0.2) is 0 Å². The second-order valence-corrected chi connectivity index (χ2v) is 8.02. The Balaban J connectivity index is 1.23. The van der Waals surface area contributed by atoms with E-state index in [9.17, 15) is 0 Å². The largest absolute Gasteiger partial charge is 0.369 e. The average molecular weight is 353 g/mol. The highest BCUT2D eigenvalue weighted by Gasteiger charge is 2.42. The van der Waals surface area contributed by atoms with E-state index in [4.69, 9.17) is 11.5 Å². The molecular formula is C19H27N7. The molecule has 7 nitrogen and oxygen atoms in total. The van der Waals surface area contributed by atoms with Crippen molar-refractivity contribution in [2.45, 2.75) is 31.7 Å². The molecular weight excluding hydrogens is 326 g/mol. The van der Waals surface area contributed by atoms with Crippen LogP contribution < -0.4 is 16.4 Å². The van der Waals surface area contributed by atoms with E-state index in [-0.39, 0.29) is 5.95 Å². The Morgan fingerprint density at radius 3 is 2.19 bits per heavy atom. The van der Waals surface area contributed by atoms with Gasteiger partial charge in [0.1, 0.15) is 0 Å². The first kappa shape index (κ1) is 15.9. The van der Waals surface area contributed by atoms with Gasteiger partial charge in [-0.1, -0.05) is 6.42 Å². The molecule has 1 aromatic heterocycles. The van der Waals surface area contributed by atoms with Gasteiger partial charge in [-0.2, -0.15) is 9.67 Å². The van der Waals surface area contributed by atoms with Crippen LogP contribution in [0.5, 0.6) is 0 Å². The van der Waals surface area contributed by atoms with Crippen molar-refractivity contribution >= 4 is 17.6 Å². The molecule has 2 saturated carbocycles. The number of nitrogens with two attached hydrogens (primary N) is 2.